The van der Waals surface area contributed by atoms with E-state index in [1.807, 2.05) is 0 Å². The van der Waals surface area contributed by atoms with E-state index in [1.165, 1.54) is 4.90 Å². The number of aliphatic carboxylic acids is 1. The van der Waals surface area contributed by atoms with Gasteiger partial charge in [-0.3, -0.25) is 4.79 Å². The van der Waals surface area contributed by atoms with Crippen molar-refractivity contribution in [1.82, 2.24) is 4.90 Å². The summed E-state index contributed by atoms with van der Waals surface area (Å²) in [6.45, 7) is 3.03. The van der Waals surface area contributed by atoms with Crippen molar-refractivity contribution in [3.05, 3.63) is 24.3 Å². The summed E-state index contributed by atoms with van der Waals surface area (Å²) in [5.74, 6) is -0.816. The van der Waals surface area contributed by atoms with Crippen molar-refractivity contribution in [2.45, 2.75) is 19.4 Å². The van der Waals surface area contributed by atoms with E-state index in [1.54, 1.807) is 38.2 Å². The minimum absolute atomic E-state index is 0.0825. The van der Waals surface area contributed by atoms with Crippen LogP contribution in [0.25, 0.3) is 0 Å². The summed E-state index contributed by atoms with van der Waals surface area (Å²) in [6.07, 6.45) is 0.962. The van der Waals surface area contributed by atoms with Crippen LogP contribution in [-0.2, 0) is 9.53 Å². The van der Waals surface area contributed by atoms with E-state index in [2.05, 4.69) is 5.32 Å². The molecule has 2 N–H and O–H groups in total. The van der Waals surface area contributed by atoms with E-state index in [0.717, 1.165) is 18.8 Å². The van der Waals surface area contributed by atoms with Crippen LogP contribution >= 0.6 is 0 Å². The highest BCUT2D eigenvalue weighted by Crippen LogP contribution is 2.19. The maximum absolute atomic E-state index is 12.0. The van der Waals surface area contributed by atoms with Crippen LogP contribution in [0.4, 0.5) is 10.5 Å². The lowest BCUT2D eigenvalue weighted by Gasteiger charge is -2.20. The predicted molar refractivity (Wildman–Crippen MR) is 84.7 cm³/mol. The van der Waals surface area contributed by atoms with Gasteiger partial charge in [-0.25, -0.2) is 4.79 Å². The standard InChI is InChI=1S/C16H22N2O5/c1-11(15(19)20)9-18(2)16(21)17-12-3-5-13(6-4-12)23-14-7-8-22-10-14/h3-6,11,14H,7-10H2,1-2H3,(H,17,21)(H,19,20). The lowest BCUT2D eigenvalue weighted by atomic mass is 10.2. The second kappa shape index (κ2) is 7.82. The number of carbonyl (C=O) groups is 2. The van der Waals surface area contributed by atoms with Crippen molar-refractivity contribution in [3.8, 4) is 5.75 Å². The van der Waals surface area contributed by atoms with Crippen LogP contribution in [-0.4, -0.2) is 54.9 Å². The van der Waals surface area contributed by atoms with Gasteiger partial charge in [0.25, 0.3) is 0 Å². The molecule has 1 saturated heterocycles. The van der Waals surface area contributed by atoms with Crippen molar-refractivity contribution in [2.24, 2.45) is 5.92 Å². The second-order valence-electron chi connectivity index (χ2n) is 5.68. The molecule has 1 aliphatic rings. The van der Waals surface area contributed by atoms with E-state index < -0.39 is 11.9 Å². The Kier molecular flexibility index (Phi) is 5.81. The highest BCUT2D eigenvalue weighted by molar-refractivity contribution is 5.89. The van der Waals surface area contributed by atoms with Gasteiger partial charge < -0.3 is 24.8 Å². The monoisotopic (exact) mass is 322 g/mol. The van der Waals surface area contributed by atoms with Gasteiger partial charge in [0, 0.05) is 25.7 Å². The van der Waals surface area contributed by atoms with Crippen molar-refractivity contribution in [2.75, 3.05) is 32.1 Å². The van der Waals surface area contributed by atoms with Crippen LogP contribution in [0.5, 0.6) is 5.75 Å². The number of benzene rings is 1. The highest BCUT2D eigenvalue weighted by atomic mass is 16.5. The number of nitrogens with one attached hydrogen (secondary N) is 1. The van der Waals surface area contributed by atoms with Gasteiger partial charge in [-0.15, -0.1) is 0 Å². The number of carbonyl (C=O) groups excluding carboxylic acids is 1. The Labute approximate surface area is 135 Å². The Bertz CT molecular complexity index is 540. The molecule has 0 radical (unpaired) electrons. The lowest BCUT2D eigenvalue weighted by molar-refractivity contribution is -0.141. The fraction of sp³-hybridized carbons (Fsp3) is 0.500. The summed E-state index contributed by atoms with van der Waals surface area (Å²) in [5.41, 5.74) is 0.625. The van der Waals surface area contributed by atoms with Crippen LogP contribution in [0, 0.1) is 5.92 Å². The van der Waals surface area contributed by atoms with Gasteiger partial charge >= 0.3 is 12.0 Å². The number of carboxylic acid groups (broad SMARTS) is 1. The van der Waals surface area contributed by atoms with Gasteiger partial charge in [0.2, 0.25) is 0 Å². The summed E-state index contributed by atoms with van der Waals surface area (Å²) in [6, 6.07) is 6.72. The topological polar surface area (TPSA) is 88.1 Å². The molecule has 7 heteroatoms. The summed E-state index contributed by atoms with van der Waals surface area (Å²) < 4.78 is 11.0. The van der Waals surface area contributed by atoms with E-state index >= 15 is 0 Å². The smallest absolute Gasteiger partial charge is 0.321 e. The number of anilines is 1. The van der Waals surface area contributed by atoms with E-state index in [0.29, 0.717) is 12.3 Å². The fourth-order valence-corrected chi connectivity index (χ4v) is 2.21. The molecule has 1 aromatic rings. The Balaban J connectivity index is 1.84. The van der Waals surface area contributed by atoms with Crippen molar-refractivity contribution in [1.29, 1.82) is 0 Å². The number of amides is 2. The minimum Gasteiger partial charge on any atom is -0.488 e. The first kappa shape index (κ1) is 17.1. The van der Waals surface area contributed by atoms with Gasteiger partial charge in [0.05, 0.1) is 19.1 Å². The maximum atomic E-state index is 12.0. The maximum Gasteiger partial charge on any atom is 0.321 e. The number of urea groups is 1. The zero-order chi connectivity index (χ0) is 16.8. The number of ether oxygens (including phenoxy) is 2. The molecule has 0 aromatic heterocycles. The number of carboxylic acids is 1. The Morgan fingerprint density at radius 1 is 1.43 bits per heavy atom. The largest absolute Gasteiger partial charge is 0.488 e. The van der Waals surface area contributed by atoms with Crippen LogP contribution < -0.4 is 10.1 Å². The first-order valence-electron chi connectivity index (χ1n) is 7.55. The molecule has 2 unspecified atom stereocenters. The van der Waals surface area contributed by atoms with Gasteiger partial charge in [-0.1, -0.05) is 6.92 Å². The van der Waals surface area contributed by atoms with Crippen molar-refractivity contribution >= 4 is 17.7 Å². The molecule has 1 heterocycles. The molecule has 0 spiro atoms. The molecule has 0 aliphatic carbocycles. The molecule has 0 saturated carbocycles. The summed E-state index contributed by atoms with van der Waals surface area (Å²) in [5, 5.41) is 11.6. The summed E-state index contributed by atoms with van der Waals surface area (Å²) >= 11 is 0. The SMILES string of the molecule is CC(CN(C)C(=O)Nc1ccc(OC2CCOC2)cc1)C(=O)O. The molecular weight excluding hydrogens is 300 g/mol. The predicted octanol–water partition coefficient (Wildman–Crippen LogP) is 2.04. The molecule has 1 aliphatic heterocycles. The third-order valence-electron chi connectivity index (χ3n) is 3.61. The average Bonchev–Trinajstić information content (AvgIpc) is 3.02. The first-order valence-corrected chi connectivity index (χ1v) is 7.55. The zero-order valence-electron chi connectivity index (χ0n) is 13.3. The van der Waals surface area contributed by atoms with E-state index in [4.69, 9.17) is 14.6 Å². The van der Waals surface area contributed by atoms with Crippen LogP contribution in [0.2, 0.25) is 0 Å². The average molecular weight is 322 g/mol. The molecule has 2 amide bonds. The number of nitrogens with zero attached hydrogens (tertiary/aromatic N) is 1. The quantitative estimate of drug-likeness (QED) is 0.837. The molecule has 0 bridgehead atoms. The molecule has 2 rings (SSSR count). The fourth-order valence-electron chi connectivity index (χ4n) is 2.21. The van der Waals surface area contributed by atoms with E-state index in [-0.39, 0.29) is 18.7 Å². The minimum atomic E-state index is -0.929. The summed E-state index contributed by atoms with van der Waals surface area (Å²) in [7, 11) is 1.56. The first-order chi connectivity index (χ1) is 11.0. The third-order valence-corrected chi connectivity index (χ3v) is 3.61. The second-order valence-corrected chi connectivity index (χ2v) is 5.68. The molecule has 7 nitrogen and oxygen atoms in total. The Hall–Kier alpha value is -2.28. The molecule has 1 fully saturated rings. The Morgan fingerprint density at radius 2 is 2.13 bits per heavy atom. The molecular formula is C16H22N2O5. The van der Waals surface area contributed by atoms with Gasteiger partial charge in [0.15, 0.2) is 0 Å². The molecule has 23 heavy (non-hydrogen) atoms. The van der Waals surface area contributed by atoms with Gasteiger partial charge in [-0.05, 0) is 24.3 Å². The molecule has 1 aromatic carbocycles. The van der Waals surface area contributed by atoms with Gasteiger partial charge in [-0.2, -0.15) is 0 Å². The number of hydrogen-bond acceptors (Lipinski definition) is 4. The molecule has 2 atom stereocenters. The third kappa shape index (κ3) is 5.14. The summed E-state index contributed by atoms with van der Waals surface area (Å²) in [4.78, 5) is 24.2. The normalized spacial score (nSPS) is 18.3. The molecule has 126 valence electrons. The van der Waals surface area contributed by atoms with Crippen molar-refractivity contribution < 1.29 is 24.2 Å². The Morgan fingerprint density at radius 3 is 2.70 bits per heavy atom. The lowest BCUT2D eigenvalue weighted by Crippen LogP contribution is -2.36. The van der Waals surface area contributed by atoms with E-state index in [9.17, 15) is 9.59 Å². The van der Waals surface area contributed by atoms with Gasteiger partial charge in [0.1, 0.15) is 11.9 Å². The van der Waals surface area contributed by atoms with Crippen LogP contribution in [0.1, 0.15) is 13.3 Å². The highest BCUT2D eigenvalue weighted by Gasteiger charge is 2.18. The van der Waals surface area contributed by atoms with Crippen LogP contribution in [0.15, 0.2) is 24.3 Å². The zero-order valence-corrected chi connectivity index (χ0v) is 13.3. The van der Waals surface area contributed by atoms with Crippen LogP contribution in [0.3, 0.4) is 0 Å². The number of rotatable bonds is 6. The number of hydrogen-bond donors (Lipinski definition) is 2. The van der Waals surface area contributed by atoms with Crippen molar-refractivity contribution in [3.63, 3.8) is 0 Å².